The van der Waals surface area contributed by atoms with Crippen molar-refractivity contribution in [2.24, 2.45) is 5.73 Å². The molecule has 12 heavy (non-hydrogen) atoms. The molecule has 0 spiro atoms. The molecule has 0 unspecified atom stereocenters. The largest absolute Gasteiger partial charge is 0.509 e. The van der Waals surface area contributed by atoms with E-state index in [4.69, 9.17) is 15.2 Å². The van der Waals surface area contributed by atoms with E-state index in [9.17, 15) is 4.79 Å². The molecule has 70 valence electrons. The molecule has 1 fully saturated rings. The summed E-state index contributed by atoms with van der Waals surface area (Å²) in [4.78, 5) is 10.7. The molecule has 0 aromatic rings. The van der Waals surface area contributed by atoms with E-state index in [0.717, 1.165) is 12.8 Å². The summed E-state index contributed by atoms with van der Waals surface area (Å²) in [6.45, 7) is 1.14. The number of ether oxygens (including phenoxy) is 3. The third-order valence-electron chi connectivity index (χ3n) is 1.63. The molecule has 0 atom stereocenters. The van der Waals surface area contributed by atoms with E-state index in [1.807, 2.05) is 0 Å². The SMILES string of the molecule is NCOC(=O)OC1CCOCC1. The molecule has 5 nitrogen and oxygen atoms in total. The number of carbonyl (C=O) groups is 1. The first-order chi connectivity index (χ1) is 5.83. The minimum Gasteiger partial charge on any atom is -0.431 e. The van der Waals surface area contributed by atoms with Crippen molar-refractivity contribution >= 4 is 6.16 Å². The molecule has 1 saturated heterocycles. The van der Waals surface area contributed by atoms with E-state index < -0.39 is 6.16 Å². The predicted molar refractivity (Wildman–Crippen MR) is 40.5 cm³/mol. The van der Waals surface area contributed by atoms with Crippen molar-refractivity contribution in [2.45, 2.75) is 18.9 Å². The maximum atomic E-state index is 10.7. The highest BCUT2D eigenvalue weighted by molar-refractivity contribution is 5.60. The normalized spacial score (nSPS) is 18.8. The highest BCUT2D eigenvalue weighted by atomic mass is 16.7. The Morgan fingerprint density at radius 1 is 1.50 bits per heavy atom. The van der Waals surface area contributed by atoms with E-state index in [2.05, 4.69) is 4.74 Å². The predicted octanol–water partition coefficient (Wildman–Crippen LogP) is 0.235. The lowest BCUT2D eigenvalue weighted by molar-refractivity contribution is -0.0270. The van der Waals surface area contributed by atoms with Gasteiger partial charge in [-0.25, -0.2) is 4.79 Å². The first kappa shape index (κ1) is 9.28. The molecule has 1 rings (SSSR count). The van der Waals surface area contributed by atoms with Gasteiger partial charge >= 0.3 is 6.16 Å². The zero-order valence-corrected chi connectivity index (χ0v) is 6.82. The molecule has 5 heteroatoms. The Bertz CT molecular complexity index is 144. The Labute approximate surface area is 70.8 Å². The average molecular weight is 175 g/mol. The molecular formula is C7H13NO4. The molecule has 0 aliphatic carbocycles. The van der Waals surface area contributed by atoms with Crippen molar-refractivity contribution in [3.05, 3.63) is 0 Å². The van der Waals surface area contributed by atoms with Crippen LogP contribution in [0, 0.1) is 0 Å². The van der Waals surface area contributed by atoms with Crippen molar-refractivity contribution in [3.8, 4) is 0 Å². The van der Waals surface area contributed by atoms with Gasteiger partial charge in [0.05, 0.1) is 13.2 Å². The Kier molecular flexibility index (Phi) is 3.83. The number of carbonyl (C=O) groups excluding carboxylic acids is 1. The molecule has 0 saturated carbocycles. The highest BCUT2D eigenvalue weighted by Crippen LogP contribution is 2.10. The molecule has 1 aliphatic heterocycles. The van der Waals surface area contributed by atoms with Crippen LogP contribution in [0.15, 0.2) is 0 Å². The van der Waals surface area contributed by atoms with E-state index in [-0.39, 0.29) is 12.8 Å². The van der Waals surface area contributed by atoms with Crippen LogP contribution in [0.5, 0.6) is 0 Å². The van der Waals surface area contributed by atoms with Crippen molar-refractivity contribution in [1.82, 2.24) is 0 Å². The van der Waals surface area contributed by atoms with Crippen LogP contribution in [0.25, 0.3) is 0 Å². The summed E-state index contributed by atoms with van der Waals surface area (Å²) < 4.78 is 14.4. The molecular weight excluding hydrogens is 162 g/mol. The lowest BCUT2D eigenvalue weighted by atomic mass is 10.2. The standard InChI is InChI=1S/C7H13NO4/c8-5-11-7(9)12-6-1-3-10-4-2-6/h6H,1-5,8H2. The summed E-state index contributed by atoms with van der Waals surface area (Å²) in [6, 6.07) is 0. The van der Waals surface area contributed by atoms with E-state index in [1.165, 1.54) is 0 Å². The van der Waals surface area contributed by atoms with Gasteiger partial charge in [-0.15, -0.1) is 0 Å². The smallest absolute Gasteiger partial charge is 0.431 e. The number of nitrogens with two attached hydrogens (primary N) is 1. The summed E-state index contributed by atoms with van der Waals surface area (Å²) in [7, 11) is 0. The van der Waals surface area contributed by atoms with E-state index >= 15 is 0 Å². The summed E-state index contributed by atoms with van der Waals surface area (Å²) in [6.07, 6.45) is 0.710. The van der Waals surface area contributed by atoms with Crippen LogP contribution in [-0.4, -0.2) is 32.2 Å². The van der Waals surface area contributed by atoms with Gasteiger partial charge in [-0.05, 0) is 0 Å². The van der Waals surface area contributed by atoms with Gasteiger partial charge in [-0.2, -0.15) is 0 Å². The van der Waals surface area contributed by atoms with Crippen LogP contribution < -0.4 is 5.73 Å². The lowest BCUT2D eigenvalue weighted by Gasteiger charge is -2.21. The molecule has 1 aliphatic rings. The highest BCUT2D eigenvalue weighted by Gasteiger charge is 2.18. The second-order valence-corrected chi connectivity index (χ2v) is 2.49. The summed E-state index contributed by atoms with van der Waals surface area (Å²) in [5.41, 5.74) is 4.99. The van der Waals surface area contributed by atoms with Gasteiger partial charge in [0.15, 0.2) is 0 Å². The third-order valence-corrected chi connectivity index (χ3v) is 1.63. The summed E-state index contributed by atoms with van der Waals surface area (Å²) in [5.74, 6) is 0. The van der Waals surface area contributed by atoms with Crippen molar-refractivity contribution < 1.29 is 19.0 Å². The summed E-state index contributed by atoms with van der Waals surface area (Å²) in [5, 5.41) is 0. The maximum Gasteiger partial charge on any atom is 0.509 e. The molecule has 0 radical (unpaired) electrons. The van der Waals surface area contributed by atoms with Crippen LogP contribution in [0.4, 0.5) is 4.79 Å². The quantitative estimate of drug-likeness (QED) is 0.480. The lowest BCUT2D eigenvalue weighted by Crippen LogP contribution is -2.27. The van der Waals surface area contributed by atoms with Gasteiger partial charge in [0.25, 0.3) is 0 Å². The minimum atomic E-state index is -0.690. The van der Waals surface area contributed by atoms with E-state index in [0.29, 0.717) is 13.2 Å². The van der Waals surface area contributed by atoms with Crippen LogP contribution in [0.1, 0.15) is 12.8 Å². The van der Waals surface area contributed by atoms with Gasteiger partial charge in [0.1, 0.15) is 12.8 Å². The number of hydrogen-bond acceptors (Lipinski definition) is 5. The Morgan fingerprint density at radius 2 is 2.17 bits per heavy atom. The Hall–Kier alpha value is -0.810. The van der Waals surface area contributed by atoms with Gasteiger partial charge in [0, 0.05) is 12.8 Å². The second-order valence-electron chi connectivity index (χ2n) is 2.49. The zero-order valence-electron chi connectivity index (χ0n) is 6.82. The van der Waals surface area contributed by atoms with Gasteiger partial charge in [-0.3, -0.25) is 5.73 Å². The molecule has 2 N–H and O–H groups in total. The Balaban J connectivity index is 2.15. The van der Waals surface area contributed by atoms with Gasteiger partial charge < -0.3 is 14.2 Å². The van der Waals surface area contributed by atoms with Crippen LogP contribution >= 0.6 is 0 Å². The molecule has 1 heterocycles. The monoisotopic (exact) mass is 175 g/mol. The molecule has 0 amide bonds. The fourth-order valence-corrected chi connectivity index (χ4v) is 1.03. The van der Waals surface area contributed by atoms with Crippen molar-refractivity contribution in [1.29, 1.82) is 0 Å². The maximum absolute atomic E-state index is 10.7. The van der Waals surface area contributed by atoms with E-state index in [1.54, 1.807) is 0 Å². The van der Waals surface area contributed by atoms with Crippen LogP contribution in [-0.2, 0) is 14.2 Å². The van der Waals surface area contributed by atoms with Crippen LogP contribution in [0.3, 0.4) is 0 Å². The first-order valence-electron chi connectivity index (χ1n) is 3.94. The number of hydrogen-bond donors (Lipinski definition) is 1. The van der Waals surface area contributed by atoms with Gasteiger partial charge in [0.2, 0.25) is 0 Å². The average Bonchev–Trinajstić information content (AvgIpc) is 2.06. The zero-order chi connectivity index (χ0) is 8.81. The van der Waals surface area contributed by atoms with Crippen LogP contribution in [0.2, 0.25) is 0 Å². The summed E-state index contributed by atoms with van der Waals surface area (Å²) >= 11 is 0. The van der Waals surface area contributed by atoms with Crippen molar-refractivity contribution in [2.75, 3.05) is 19.9 Å². The topological polar surface area (TPSA) is 70.8 Å². The van der Waals surface area contributed by atoms with Crippen molar-refractivity contribution in [3.63, 3.8) is 0 Å². The fourth-order valence-electron chi connectivity index (χ4n) is 1.03. The fraction of sp³-hybridized carbons (Fsp3) is 0.857. The Morgan fingerprint density at radius 3 is 2.75 bits per heavy atom. The first-order valence-corrected chi connectivity index (χ1v) is 3.94. The second kappa shape index (κ2) is 4.95. The molecule has 0 aromatic heterocycles. The molecule has 0 aromatic carbocycles. The number of rotatable bonds is 2. The third kappa shape index (κ3) is 3.06. The molecule has 0 bridgehead atoms. The minimum absolute atomic E-state index is 0.0715. The van der Waals surface area contributed by atoms with Gasteiger partial charge in [-0.1, -0.05) is 0 Å².